The highest BCUT2D eigenvalue weighted by atomic mass is 16.5. The summed E-state index contributed by atoms with van der Waals surface area (Å²) in [7, 11) is 0. The Labute approximate surface area is 348 Å². The number of carbonyl (C=O) groups is 2. The van der Waals surface area contributed by atoms with Crippen molar-refractivity contribution in [2.45, 2.75) is 247 Å². The average Bonchev–Trinajstić information content (AvgIpc) is 3.61. The van der Waals surface area contributed by atoms with E-state index in [0.29, 0.717) is 13.2 Å². The van der Waals surface area contributed by atoms with Gasteiger partial charge in [-0.15, -0.1) is 0 Å². The van der Waals surface area contributed by atoms with Crippen molar-refractivity contribution < 1.29 is 19.1 Å². The van der Waals surface area contributed by atoms with E-state index < -0.39 is 0 Å². The summed E-state index contributed by atoms with van der Waals surface area (Å²) in [4.78, 5) is 32.2. The van der Waals surface area contributed by atoms with E-state index in [2.05, 4.69) is 56.6 Å². The van der Waals surface area contributed by atoms with Gasteiger partial charge >= 0.3 is 11.9 Å². The zero-order valence-corrected chi connectivity index (χ0v) is 38.1. The van der Waals surface area contributed by atoms with Crippen molar-refractivity contribution in [1.82, 2.24) is 9.88 Å². The maximum atomic E-state index is 13.0. The van der Waals surface area contributed by atoms with E-state index >= 15 is 0 Å². The fourth-order valence-corrected chi connectivity index (χ4v) is 8.07. The lowest BCUT2D eigenvalue weighted by molar-refractivity contribution is -0.150. The van der Waals surface area contributed by atoms with Crippen LogP contribution in [-0.2, 0) is 25.6 Å². The van der Waals surface area contributed by atoms with Crippen molar-refractivity contribution in [3.63, 3.8) is 0 Å². The first kappa shape index (κ1) is 52.2. The predicted molar refractivity (Wildman–Crippen MR) is 240 cm³/mol. The Morgan fingerprint density at radius 1 is 0.482 bits per heavy atom. The van der Waals surface area contributed by atoms with Gasteiger partial charge in [-0.1, -0.05) is 182 Å². The third-order valence-corrected chi connectivity index (χ3v) is 11.8. The van der Waals surface area contributed by atoms with Gasteiger partial charge in [0, 0.05) is 17.9 Å². The molecule has 0 amide bonds. The summed E-state index contributed by atoms with van der Waals surface area (Å²) in [6.07, 6.45) is 37.8. The summed E-state index contributed by atoms with van der Waals surface area (Å²) in [6, 6.07) is 4.39. The summed E-state index contributed by atoms with van der Waals surface area (Å²) in [6.45, 7) is 15.4. The number of aromatic amines is 1. The first-order chi connectivity index (χ1) is 27.4. The van der Waals surface area contributed by atoms with Crippen LogP contribution >= 0.6 is 0 Å². The summed E-state index contributed by atoms with van der Waals surface area (Å²) < 4.78 is 11.7. The minimum Gasteiger partial charge on any atom is -0.465 e. The molecule has 0 saturated carbocycles. The van der Waals surface area contributed by atoms with E-state index in [1.807, 2.05) is 0 Å². The molecule has 1 aromatic heterocycles. The van der Waals surface area contributed by atoms with Gasteiger partial charge in [-0.3, -0.25) is 14.5 Å². The smallest absolute Gasteiger partial charge is 0.308 e. The molecular weight excluding hydrogens is 693 g/mol. The number of carbonyl (C=O) groups excluding carboxylic acids is 2. The van der Waals surface area contributed by atoms with Gasteiger partial charge in [0.1, 0.15) is 0 Å². The van der Waals surface area contributed by atoms with Crippen LogP contribution in [0, 0.1) is 18.8 Å². The minimum atomic E-state index is 0.0612. The van der Waals surface area contributed by atoms with Crippen LogP contribution in [0.15, 0.2) is 12.1 Å². The first-order valence-electron chi connectivity index (χ1n) is 24.6. The second kappa shape index (κ2) is 38.7. The summed E-state index contributed by atoms with van der Waals surface area (Å²) in [5.74, 6) is 0.308. The number of esters is 2. The Balaban J connectivity index is 2.38. The number of aromatic nitrogens is 1. The summed E-state index contributed by atoms with van der Waals surface area (Å²) in [5.41, 5.74) is 2.51. The highest BCUT2D eigenvalue weighted by Gasteiger charge is 2.20. The van der Waals surface area contributed by atoms with Crippen LogP contribution in [0.3, 0.4) is 0 Å². The van der Waals surface area contributed by atoms with E-state index in [9.17, 15) is 9.59 Å². The maximum Gasteiger partial charge on any atom is 0.308 e. The molecule has 0 saturated heterocycles. The van der Waals surface area contributed by atoms with E-state index in [1.54, 1.807) is 0 Å². The van der Waals surface area contributed by atoms with Gasteiger partial charge < -0.3 is 14.5 Å². The van der Waals surface area contributed by atoms with E-state index in [1.165, 1.54) is 140 Å². The molecule has 328 valence electrons. The number of ether oxygens (including phenoxy) is 2. The Bertz CT molecular complexity index is 951. The second-order valence-electron chi connectivity index (χ2n) is 17.3. The Kier molecular flexibility index (Phi) is 36.1. The van der Waals surface area contributed by atoms with E-state index in [0.717, 1.165) is 96.7 Å². The molecule has 2 unspecified atom stereocenters. The number of hydrogen-bond donors (Lipinski definition) is 1. The Morgan fingerprint density at radius 2 is 0.821 bits per heavy atom. The fourth-order valence-electron chi connectivity index (χ4n) is 8.07. The molecule has 0 aliphatic heterocycles. The first-order valence-corrected chi connectivity index (χ1v) is 24.6. The van der Waals surface area contributed by atoms with Crippen LogP contribution in [0.25, 0.3) is 0 Å². The topological polar surface area (TPSA) is 71.6 Å². The van der Waals surface area contributed by atoms with Gasteiger partial charge in [0.15, 0.2) is 0 Å². The molecule has 0 bridgehead atoms. The van der Waals surface area contributed by atoms with Crippen molar-refractivity contribution in [2.24, 2.45) is 11.8 Å². The van der Waals surface area contributed by atoms with Crippen molar-refractivity contribution in [3.8, 4) is 0 Å². The van der Waals surface area contributed by atoms with Gasteiger partial charge in [0.2, 0.25) is 0 Å². The van der Waals surface area contributed by atoms with E-state index in [-0.39, 0.29) is 23.8 Å². The largest absolute Gasteiger partial charge is 0.465 e. The number of nitrogens with one attached hydrogen (secondary N) is 1. The van der Waals surface area contributed by atoms with Crippen LogP contribution in [0.2, 0.25) is 0 Å². The summed E-state index contributed by atoms with van der Waals surface area (Å²) >= 11 is 0. The molecule has 1 N–H and O–H groups in total. The zero-order valence-electron chi connectivity index (χ0n) is 38.1. The molecule has 2 atom stereocenters. The van der Waals surface area contributed by atoms with Crippen molar-refractivity contribution in [1.29, 1.82) is 0 Å². The molecule has 0 radical (unpaired) electrons. The molecule has 1 rings (SSSR count). The van der Waals surface area contributed by atoms with Crippen LogP contribution < -0.4 is 0 Å². The number of hydrogen-bond acceptors (Lipinski definition) is 5. The normalized spacial score (nSPS) is 12.7. The third-order valence-electron chi connectivity index (χ3n) is 11.8. The van der Waals surface area contributed by atoms with E-state index in [4.69, 9.17) is 9.47 Å². The molecule has 0 aliphatic carbocycles. The summed E-state index contributed by atoms with van der Waals surface area (Å²) in [5, 5.41) is 0. The van der Waals surface area contributed by atoms with Gasteiger partial charge in [0.25, 0.3) is 0 Å². The number of nitrogens with zero attached hydrogens (tertiary/aromatic N) is 1. The lowest BCUT2D eigenvalue weighted by atomic mass is 9.94. The molecule has 0 aliphatic rings. The lowest BCUT2D eigenvalue weighted by Gasteiger charge is -2.22. The fraction of sp³-hybridized carbons (Fsp3) is 0.880. The molecule has 6 nitrogen and oxygen atoms in total. The number of H-pyrrole nitrogens is 1. The molecular formula is C50H94N2O4. The molecule has 0 spiro atoms. The lowest BCUT2D eigenvalue weighted by Crippen LogP contribution is -2.26. The molecule has 6 heteroatoms. The SMILES string of the molecule is CCCCCCCCC(CCCCCC)C(=O)OCCCCCCN(CCCCCCOC(=O)C(CCCCCC)CCCCCCCC)Cc1ccc(C)[nH]1. The molecule has 1 aromatic rings. The van der Waals surface area contributed by atoms with Crippen LogP contribution in [0.5, 0.6) is 0 Å². The number of rotatable bonds is 42. The molecule has 1 heterocycles. The average molecular weight is 787 g/mol. The van der Waals surface area contributed by atoms with Gasteiger partial charge in [0.05, 0.1) is 25.0 Å². The van der Waals surface area contributed by atoms with Crippen LogP contribution in [0.4, 0.5) is 0 Å². The predicted octanol–water partition coefficient (Wildman–Crippen LogP) is 15.0. The van der Waals surface area contributed by atoms with Crippen molar-refractivity contribution >= 4 is 11.9 Å². The maximum absolute atomic E-state index is 13.0. The Morgan fingerprint density at radius 3 is 1.20 bits per heavy atom. The Hall–Kier alpha value is -1.82. The molecule has 0 fully saturated rings. The number of aryl methyl sites for hydroxylation is 1. The van der Waals surface area contributed by atoms with Crippen molar-refractivity contribution in [2.75, 3.05) is 26.3 Å². The second-order valence-corrected chi connectivity index (χ2v) is 17.3. The zero-order chi connectivity index (χ0) is 40.7. The van der Waals surface area contributed by atoms with Crippen molar-refractivity contribution in [3.05, 3.63) is 23.5 Å². The molecule has 56 heavy (non-hydrogen) atoms. The minimum absolute atomic E-state index is 0.0612. The quantitative estimate of drug-likeness (QED) is 0.0528. The molecule has 0 aromatic carbocycles. The third kappa shape index (κ3) is 30.3. The van der Waals surface area contributed by atoms with Crippen LogP contribution in [-0.4, -0.2) is 48.1 Å². The van der Waals surface area contributed by atoms with Crippen LogP contribution in [0.1, 0.15) is 245 Å². The number of unbranched alkanes of at least 4 members (excludes halogenated alkanes) is 22. The van der Waals surface area contributed by atoms with Gasteiger partial charge in [-0.25, -0.2) is 0 Å². The van der Waals surface area contributed by atoms with Gasteiger partial charge in [-0.2, -0.15) is 0 Å². The van der Waals surface area contributed by atoms with Gasteiger partial charge in [-0.05, 0) is 83.5 Å². The monoisotopic (exact) mass is 787 g/mol. The highest BCUT2D eigenvalue weighted by Crippen LogP contribution is 2.22. The highest BCUT2D eigenvalue weighted by molar-refractivity contribution is 5.72. The standard InChI is InChI=1S/C50H94N2O4/c1-6-10-14-18-20-28-36-46(34-26-16-12-8-3)49(53)55-42-32-24-22-30-40-52(44-48-39-38-45(5)51-48)41-31-23-25-33-43-56-50(54)47(35-27-17-13-9-4)37-29-21-19-15-11-7-2/h38-39,46-47,51H,6-37,40-44H2,1-5H3.